The maximum absolute atomic E-state index is 14.5. The number of fused-ring (bicyclic) bond motifs is 2. The summed E-state index contributed by atoms with van der Waals surface area (Å²) in [4.78, 5) is 71.4. The molecule has 4 amide bonds. The van der Waals surface area contributed by atoms with E-state index in [4.69, 9.17) is 58.5 Å². The van der Waals surface area contributed by atoms with Gasteiger partial charge in [0.25, 0.3) is 0 Å². The van der Waals surface area contributed by atoms with Crippen LogP contribution in [-0.4, -0.2) is 145 Å². The van der Waals surface area contributed by atoms with Crippen LogP contribution < -0.4 is 24.8 Å². The first-order valence-electron chi connectivity index (χ1n) is 23.9. The lowest BCUT2D eigenvalue weighted by Gasteiger charge is -2.39. The van der Waals surface area contributed by atoms with E-state index in [-0.39, 0.29) is 69.2 Å². The van der Waals surface area contributed by atoms with Gasteiger partial charge in [-0.1, -0.05) is 35.3 Å². The standard InChI is InChI=1S/C26H29ClFN5O5.C15H11ClFN3O2.C11H19ClN2O3/c1-15-13-32(24(34)38-26(2,3)4)9-10-33(15)25(35)37-21-11-16-19(12-20(21)36-5)29-14-30-23(16)31-18-8-6-7-17(27)22(18)28;1-22-13-6-11-8(5-12(13)21)15(19-7-18-11)20-10-4-2-3-9(16)14(10)17;1-8-7-13(5-6-14(8)9(12)15)10(16)17-11(2,3)4/h6-8,11-12,14-15H,9-10,13H2,1-5H3,(H,29,30,31);2-7,21H,1H3,(H,18,19,20);8H,5-7H2,1-4H3. The molecule has 0 spiro atoms. The highest BCUT2D eigenvalue weighted by Gasteiger charge is 2.34. The van der Waals surface area contributed by atoms with Crippen LogP contribution in [0.4, 0.5) is 51.0 Å². The van der Waals surface area contributed by atoms with E-state index >= 15 is 0 Å². The minimum atomic E-state index is -0.624. The normalized spacial score (nSPS) is 15.6. The molecule has 25 heteroatoms. The molecule has 3 N–H and O–H groups in total. The molecule has 2 aliphatic rings. The topological polar surface area (TPSA) is 223 Å². The van der Waals surface area contributed by atoms with Gasteiger partial charge < -0.3 is 59.0 Å². The summed E-state index contributed by atoms with van der Waals surface area (Å²) in [6, 6.07) is 15.0. The first kappa shape index (κ1) is 58.8. The highest BCUT2D eigenvalue weighted by atomic mass is 35.5. The number of phenols is 1. The molecule has 2 aliphatic heterocycles. The molecule has 77 heavy (non-hydrogen) atoms. The summed E-state index contributed by atoms with van der Waals surface area (Å²) >= 11 is 17.1. The average molecular weight is 1130 g/mol. The van der Waals surface area contributed by atoms with Crippen molar-refractivity contribution in [2.24, 2.45) is 0 Å². The zero-order valence-corrected chi connectivity index (χ0v) is 46.2. The van der Waals surface area contributed by atoms with Crippen molar-refractivity contribution in [2.45, 2.75) is 78.7 Å². The summed E-state index contributed by atoms with van der Waals surface area (Å²) in [6.45, 7) is 16.8. The van der Waals surface area contributed by atoms with Gasteiger partial charge in [0.1, 0.15) is 35.5 Å². The van der Waals surface area contributed by atoms with Gasteiger partial charge in [0.2, 0.25) is 0 Å². The van der Waals surface area contributed by atoms with E-state index < -0.39 is 40.4 Å². The van der Waals surface area contributed by atoms with E-state index in [2.05, 4.69) is 30.6 Å². The number of nitrogens with zero attached hydrogens (tertiary/aromatic N) is 8. The van der Waals surface area contributed by atoms with Crippen LogP contribution in [0.25, 0.3) is 21.8 Å². The molecule has 2 unspecified atom stereocenters. The zero-order valence-electron chi connectivity index (χ0n) is 43.9. The third-order valence-corrected chi connectivity index (χ3v) is 12.3. The van der Waals surface area contributed by atoms with Gasteiger partial charge in [-0.05, 0) is 103 Å². The molecule has 4 heterocycles. The Hall–Kier alpha value is -7.43. The maximum atomic E-state index is 14.5. The van der Waals surface area contributed by atoms with Crippen molar-refractivity contribution < 1.29 is 56.7 Å². The number of hydrogen-bond acceptors (Lipinski definition) is 16. The molecule has 0 saturated carbocycles. The molecule has 2 saturated heterocycles. The van der Waals surface area contributed by atoms with Crippen molar-refractivity contribution >= 4 is 103 Å². The number of phenolic OH excluding ortho intramolecular Hbond substituents is 1. The number of hydrogen-bond donors (Lipinski definition) is 3. The third-order valence-electron chi connectivity index (χ3n) is 11.5. The van der Waals surface area contributed by atoms with Gasteiger partial charge in [-0.2, -0.15) is 0 Å². The average Bonchev–Trinajstić information content (AvgIpc) is 3.36. The number of amides is 4. The quantitative estimate of drug-likeness (QED) is 0.0998. The molecule has 4 aromatic carbocycles. The van der Waals surface area contributed by atoms with E-state index in [1.54, 1.807) is 71.9 Å². The van der Waals surface area contributed by atoms with Crippen LogP contribution in [0, 0.1) is 11.6 Å². The third kappa shape index (κ3) is 15.4. The largest absolute Gasteiger partial charge is 0.504 e. The van der Waals surface area contributed by atoms with E-state index in [0.717, 1.165) is 0 Å². The first-order valence-corrected chi connectivity index (χ1v) is 25.1. The highest BCUT2D eigenvalue weighted by Crippen LogP contribution is 2.37. The van der Waals surface area contributed by atoms with E-state index in [1.807, 2.05) is 34.6 Å². The lowest BCUT2D eigenvalue weighted by atomic mass is 10.2. The lowest BCUT2D eigenvalue weighted by Crippen LogP contribution is -2.56. The maximum Gasteiger partial charge on any atom is 0.415 e. The van der Waals surface area contributed by atoms with Crippen molar-refractivity contribution in [3.8, 4) is 23.0 Å². The fourth-order valence-corrected chi connectivity index (χ4v) is 8.38. The number of carbonyl (C=O) groups excluding carboxylic acids is 4. The van der Waals surface area contributed by atoms with Crippen LogP contribution in [0.3, 0.4) is 0 Å². The van der Waals surface area contributed by atoms with E-state index in [0.29, 0.717) is 66.1 Å². The van der Waals surface area contributed by atoms with Crippen LogP contribution in [0.5, 0.6) is 23.0 Å². The second-order valence-corrected chi connectivity index (χ2v) is 20.7. The predicted octanol–water partition coefficient (Wildman–Crippen LogP) is 11.8. The number of halogens is 5. The number of carbonyl (C=O) groups is 4. The lowest BCUT2D eigenvalue weighted by molar-refractivity contribution is 0.00773. The number of aromatic hydroxyl groups is 1. The Labute approximate surface area is 458 Å². The zero-order chi connectivity index (χ0) is 56.5. The minimum absolute atomic E-state index is 0.00729. The van der Waals surface area contributed by atoms with Crippen molar-refractivity contribution in [1.29, 1.82) is 0 Å². The summed E-state index contributed by atoms with van der Waals surface area (Å²) in [5.41, 5.74) is 0.237. The van der Waals surface area contributed by atoms with Gasteiger partial charge in [-0.3, -0.25) is 4.79 Å². The van der Waals surface area contributed by atoms with Crippen LogP contribution in [0.1, 0.15) is 55.4 Å². The molecule has 0 aliphatic carbocycles. The number of anilines is 4. The molecule has 6 aromatic rings. The number of benzene rings is 4. The molecule has 2 atom stereocenters. The minimum Gasteiger partial charge on any atom is -0.504 e. The van der Waals surface area contributed by atoms with Crippen molar-refractivity contribution in [1.82, 2.24) is 39.5 Å². The van der Waals surface area contributed by atoms with Gasteiger partial charge >= 0.3 is 23.6 Å². The van der Waals surface area contributed by atoms with Crippen LogP contribution >= 0.6 is 34.8 Å². The Morgan fingerprint density at radius 2 is 1.06 bits per heavy atom. The Bertz CT molecular complexity index is 3130. The highest BCUT2D eigenvalue weighted by molar-refractivity contribution is 6.62. The SMILES string of the molecule is CC1CN(C(=O)OC(C)(C)C)CCN1C(=O)Cl.COc1cc2ncnc(Nc3cccc(Cl)c3F)c2cc1O.COc1cc2ncnc(Nc3cccc(Cl)c3F)c2cc1OC(=O)N1CCN(C(=O)OC(C)(C)C)CC1C. The number of methoxy groups -OCH3 is 2. The Balaban J connectivity index is 0.000000207. The molecule has 412 valence electrons. The fraction of sp³-hybridized carbons (Fsp3) is 0.385. The van der Waals surface area contributed by atoms with E-state index in [1.165, 1.54) is 56.0 Å². The van der Waals surface area contributed by atoms with E-state index in [9.17, 15) is 33.1 Å². The second kappa shape index (κ2) is 25.2. The molecule has 0 bridgehead atoms. The van der Waals surface area contributed by atoms with Gasteiger partial charge in [-0.15, -0.1) is 0 Å². The molecule has 0 radical (unpaired) electrons. The Kier molecular flexibility index (Phi) is 19.2. The van der Waals surface area contributed by atoms with Gasteiger partial charge in [-0.25, -0.2) is 43.1 Å². The molecule has 8 rings (SSSR count). The summed E-state index contributed by atoms with van der Waals surface area (Å²) in [5.74, 6) is 0.0972. The van der Waals surface area contributed by atoms with Crippen LogP contribution in [0.15, 0.2) is 73.3 Å². The Morgan fingerprint density at radius 3 is 1.49 bits per heavy atom. The van der Waals surface area contributed by atoms with Crippen molar-refractivity contribution in [3.05, 3.63) is 95.0 Å². The monoisotopic (exact) mass is 1130 g/mol. The van der Waals surface area contributed by atoms with Crippen molar-refractivity contribution in [3.63, 3.8) is 0 Å². The molecular weight excluding hydrogens is 1070 g/mol. The number of piperazine rings is 2. The number of rotatable bonds is 7. The predicted molar refractivity (Wildman–Crippen MR) is 288 cm³/mol. The van der Waals surface area contributed by atoms with Gasteiger partial charge in [0.15, 0.2) is 34.6 Å². The van der Waals surface area contributed by atoms with Crippen molar-refractivity contribution in [2.75, 3.05) is 64.1 Å². The summed E-state index contributed by atoms with van der Waals surface area (Å²) in [7, 11) is 2.89. The molecule has 2 fully saturated rings. The number of nitrogens with one attached hydrogen (secondary N) is 2. The second-order valence-electron chi connectivity index (χ2n) is 19.5. The van der Waals surface area contributed by atoms with Crippen LogP contribution in [-0.2, 0) is 9.47 Å². The molecule has 2 aromatic heterocycles. The first-order chi connectivity index (χ1) is 36.3. The summed E-state index contributed by atoms with van der Waals surface area (Å²) < 4.78 is 55.4. The summed E-state index contributed by atoms with van der Waals surface area (Å²) in [5, 5.41) is 16.2. The van der Waals surface area contributed by atoms with Crippen LogP contribution in [0.2, 0.25) is 10.0 Å². The Morgan fingerprint density at radius 1 is 0.623 bits per heavy atom. The van der Waals surface area contributed by atoms with Gasteiger partial charge in [0, 0.05) is 68.2 Å². The smallest absolute Gasteiger partial charge is 0.415 e. The molecule has 20 nitrogen and oxygen atoms in total. The van der Waals surface area contributed by atoms with Gasteiger partial charge in [0.05, 0.1) is 52.7 Å². The number of aromatic nitrogens is 4. The molecular formula is C52H59Cl3F2N10O10. The number of ether oxygens (including phenoxy) is 5. The fourth-order valence-electron chi connectivity index (χ4n) is 7.78. The summed E-state index contributed by atoms with van der Waals surface area (Å²) in [6.07, 6.45) is 1.29.